The summed E-state index contributed by atoms with van der Waals surface area (Å²) < 4.78 is 20.7. The lowest BCUT2D eigenvalue weighted by Crippen LogP contribution is -2.21. The number of rotatable bonds is 4. The van der Waals surface area contributed by atoms with Gasteiger partial charge in [-0.2, -0.15) is 0 Å². The molecule has 0 saturated heterocycles. The topological polar surface area (TPSA) is 83.0 Å². The Kier molecular flexibility index (Phi) is 3.68. The second-order valence-electron chi connectivity index (χ2n) is 5.85. The molecule has 1 aliphatic rings. The van der Waals surface area contributed by atoms with E-state index in [4.69, 9.17) is 10.5 Å². The number of fused-ring (bicyclic) bond motifs is 3. The molecule has 7 heteroatoms. The van der Waals surface area contributed by atoms with Gasteiger partial charge in [-0.05, 0) is 47.9 Å². The number of primary amides is 1. The van der Waals surface area contributed by atoms with Gasteiger partial charge >= 0.3 is 0 Å². The van der Waals surface area contributed by atoms with Gasteiger partial charge in [0.2, 0.25) is 5.82 Å². The van der Waals surface area contributed by atoms with Gasteiger partial charge in [0.15, 0.2) is 0 Å². The summed E-state index contributed by atoms with van der Waals surface area (Å²) in [5.41, 5.74) is 7.99. The van der Waals surface area contributed by atoms with E-state index in [0.717, 1.165) is 29.1 Å². The zero-order valence-corrected chi connectivity index (χ0v) is 13.3. The van der Waals surface area contributed by atoms with Gasteiger partial charge in [0.05, 0.1) is 5.69 Å². The molecular weight excluding hydrogens is 323 g/mol. The Labute approximate surface area is 143 Å². The molecule has 6 nitrogen and oxygen atoms in total. The minimum atomic E-state index is -0.613. The van der Waals surface area contributed by atoms with Crippen molar-refractivity contribution < 1.29 is 13.9 Å². The molecule has 0 atom stereocenters. The lowest BCUT2D eigenvalue weighted by Gasteiger charge is -2.19. The van der Waals surface area contributed by atoms with Crippen LogP contribution in [-0.2, 0) is 19.4 Å². The minimum absolute atomic E-state index is 0.129. The normalized spacial score (nSPS) is 12.4. The molecule has 0 unspecified atom stereocenters. The van der Waals surface area contributed by atoms with Gasteiger partial charge in [0.25, 0.3) is 5.91 Å². The van der Waals surface area contributed by atoms with E-state index in [1.807, 2.05) is 18.2 Å². The Hall–Kier alpha value is -3.22. The standard InChI is InChI=1S/C18H15FN4O2/c19-13-3-1-2-11(8-13)10-25-14-5-6-15-12(9-14)4-7-16-21-22-18(17(20)24)23(15)16/h1-3,5-6,8-9H,4,7,10H2,(H2,20,24). The van der Waals surface area contributed by atoms with Crippen molar-refractivity contribution in [3.05, 3.63) is 71.1 Å². The molecule has 2 heterocycles. The van der Waals surface area contributed by atoms with Crippen LogP contribution in [0.3, 0.4) is 0 Å². The van der Waals surface area contributed by atoms with E-state index in [2.05, 4.69) is 10.2 Å². The van der Waals surface area contributed by atoms with Gasteiger partial charge in [0.1, 0.15) is 24.0 Å². The van der Waals surface area contributed by atoms with Crippen LogP contribution in [0.2, 0.25) is 0 Å². The first-order chi connectivity index (χ1) is 12.1. The number of hydrogen-bond acceptors (Lipinski definition) is 4. The number of benzene rings is 2. The van der Waals surface area contributed by atoms with Crippen LogP contribution in [0.25, 0.3) is 5.69 Å². The Morgan fingerprint density at radius 3 is 2.88 bits per heavy atom. The summed E-state index contributed by atoms with van der Waals surface area (Å²) >= 11 is 0. The summed E-state index contributed by atoms with van der Waals surface area (Å²) in [5.74, 6) is 0.628. The summed E-state index contributed by atoms with van der Waals surface area (Å²) in [6, 6.07) is 11.9. The van der Waals surface area contributed by atoms with E-state index in [1.165, 1.54) is 12.1 Å². The van der Waals surface area contributed by atoms with Crippen LogP contribution in [0.5, 0.6) is 5.75 Å². The highest BCUT2D eigenvalue weighted by Gasteiger charge is 2.24. The summed E-state index contributed by atoms with van der Waals surface area (Å²) in [7, 11) is 0. The van der Waals surface area contributed by atoms with Crippen LogP contribution in [0.4, 0.5) is 4.39 Å². The van der Waals surface area contributed by atoms with Crippen molar-refractivity contribution in [2.24, 2.45) is 5.73 Å². The van der Waals surface area contributed by atoms with Crippen molar-refractivity contribution in [3.63, 3.8) is 0 Å². The van der Waals surface area contributed by atoms with E-state index < -0.39 is 5.91 Å². The first-order valence-corrected chi connectivity index (χ1v) is 7.86. The number of nitrogens with two attached hydrogens (primary N) is 1. The van der Waals surface area contributed by atoms with Crippen molar-refractivity contribution in [1.82, 2.24) is 14.8 Å². The number of nitrogens with zero attached hydrogens (tertiary/aromatic N) is 3. The maximum absolute atomic E-state index is 13.2. The van der Waals surface area contributed by atoms with Gasteiger partial charge in [-0.15, -0.1) is 10.2 Å². The molecule has 126 valence electrons. The van der Waals surface area contributed by atoms with Crippen LogP contribution in [0.15, 0.2) is 42.5 Å². The van der Waals surface area contributed by atoms with Gasteiger partial charge < -0.3 is 10.5 Å². The average molecular weight is 338 g/mol. The molecule has 25 heavy (non-hydrogen) atoms. The Morgan fingerprint density at radius 2 is 2.08 bits per heavy atom. The molecule has 4 rings (SSSR count). The maximum Gasteiger partial charge on any atom is 0.287 e. The highest BCUT2D eigenvalue weighted by molar-refractivity contribution is 5.90. The molecule has 2 aromatic carbocycles. The van der Waals surface area contributed by atoms with E-state index in [-0.39, 0.29) is 18.2 Å². The fourth-order valence-electron chi connectivity index (χ4n) is 3.00. The van der Waals surface area contributed by atoms with Crippen LogP contribution in [0, 0.1) is 5.82 Å². The average Bonchev–Trinajstić information content (AvgIpc) is 3.04. The van der Waals surface area contributed by atoms with Crippen molar-refractivity contribution in [2.45, 2.75) is 19.4 Å². The molecule has 1 aromatic heterocycles. The van der Waals surface area contributed by atoms with Crippen molar-refractivity contribution in [1.29, 1.82) is 0 Å². The number of amides is 1. The summed E-state index contributed by atoms with van der Waals surface area (Å²) in [5, 5.41) is 7.90. The van der Waals surface area contributed by atoms with E-state index in [9.17, 15) is 9.18 Å². The SMILES string of the molecule is NC(=O)c1nnc2n1-c1ccc(OCc3cccc(F)c3)cc1CC2. The van der Waals surface area contributed by atoms with E-state index >= 15 is 0 Å². The lowest BCUT2D eigenvalue weighted by atomic mass is 10.0. The van der Waals surface area contributed by atoms with Gasteiger partial charge in [0, 0.05) is 6.42 Å². The predicted molar refractivity (Wildman–Crippen MR) is 88.0 cm³/mol. The molecule has 0 fully saturated rings. The van der Waals surface area contributed by atoms with Gasteiger partial charge in [-0.25, -0.2) is 4.39 Å². The molecule has 0 aliphatic carbocycles. The molecule has 0 radical (unpaired) electrons. The Morgan fingerprint density at radius 1 is 1.20 bits per heavy atom. The number of ether oxygens (including phenoxy) is 1. The molecule has 0 bridgehead atoms. The molecule has 1 aliphatic heterocycles. The molecule has 0 spiro atoms. The summed E-state index contributed by atoms with van der Waals surface area (Å²) in [6.45, 7) is 0.279. The Bertz CT molecular complexity index is 967. The number of carbonyl (C=O) groups is 1. The number of halogens is 1. The lowest BCUT2D eigenvalue weighted by molar-refractivity contribution is 0.0988. The van der Waals surface area contributed by atoms with Gasteiger partial charge in [-0.3, -0.25) is 9.36 Å². The largest absolute Gasteiger partial charge is 0.489 e. The van der Waals surface area contributed by atoms with Crippen LogP contribution in [-0.4, -0.2) is 20.7 Å². The van der Waals surface area contributed by atoms with Crippen LogP contribution < -0.4 is 10.5 Å². The van der Waals surface area contributed by atoms with Crippen LogP contribution in [0.1, 0.15) is 27.6 Å². The number of aromatic nitrogens is 3. The van der Waals surface area contributed by atoms with Gasteiger partial charge in [-0.1, -0.05) is 12.1 Å². The zero-order chi connectivity index (χ0) is 17.4. The number of hydrogen-bond donors (Lipinski definition) is 1. The van der Waals surface area contributed by atoms with Crippen molar-refractivity contribution in [3.8, 4) is 11.4 Å². The fraction of sp³-hybridized carbons (Fsp3) is 0.167. The third-order valence-electron chi connectivity index (χ3n) is 4.15. The molecule has 0 saturated carbocycles. The minimum Gasteiger partial charge on any atom is -0.489 e. The third kappa shape index (κ3) is 2.84. The highest BCUT2D eigenvalue weighted by Crippen LogP contribution is 2.28. The highest BCUT2D eigenvalue weighted by atomic mass is 19.1. The Balaban J connectivity index is 1.60. The number of aryl methyl sites for hydroxylation is 2. The van der Waals surface area contributed by atoms with Crippen molar-refractivity contribution in [2.75, 3.05) is 0 Å². The molecular formula is C18H15FN4O2. The monoisotopic (exact) mass is 338 g/mol. The number of carbonyl (C=O) groups excluding carboxylic acids is 1. The van der Waals surface area contributed by atoms with Crippen LogP contribution >= 0.6 is 0 Å². The second kappa shape index (κ2) is 6.01. The predicted octanol–water partition coefficient (Wildman–Crippen LogP) is 2.18. The van der Waals surface area contributed by atoms with Crippen molar-refractivity contribution >= 4 is 5.91 Å². The summed E-state index contributed by atoms with van der Waals surface area (Å²) in [6.07, 6.45) is 1.43. The molecule has 1 amide bonds. The zero-order valence-electron chi connectivity index (χ0n) is 13.3. The van der Waals surface area contributed by atoms with E-state index in [1.54, 1.807) is 16.7 Å². The summed E-state index contributed by atoms with van der Waals surface area (Å²) in [4.78, 5) is 11.5. The smallest absolute Gasteiger partial charge is 0.287 e. The molecule has 3 aromatic rings. The molecule has 2 N–H and O–H groups in total. The first-order valence-electron chi connectivity index (χ1n) is 7.86. The second-order valence-corrected chi connectivity index (χ2v) is 5.85. The fourth-order valence-corrected chi connectivity index (χ4v) is 3.00. The van der Waals surface area contributed by atoms with E-state index in [0.29, 0.717) is 12.2 Å². The maximum atomic E-state index is 13.2. The first kappa shape index (κ1) is 15.3. The quantitative estimate of drug-likeness (QED) is 0.790. The third-order valence-corrected chi connectivity index (χ3v) is 4.15.